The monoisotopic (exact) mass is 300 g/mol. The second-order valence-corrected chi connectivity index (χ2v) is 5.39. The van der Waals surface area contributed by atoms with Crippen LogP contribution in [-0.4, -0.2) is 20.6 Å². The molecule has 106 valence electrons. The average Bonchev–Trinajstić information content (AvgIpc) is 2.75. The number of nitrogens with zero attached hydrogens (tertiary/aromatic N) is 2. The highest BCUT2D eigenvalue weighted by Gasteiger charge is 2.14. The number of aromatic carboxylic acids is 1. The summed E-state index contributed by atoms with van der Waals surface area (Å²) in [6.45, 7) is 1.98. The molecule has 1 heterocycles. The van der Waals surface area contributed by atoms with Crippen molar-refractivity contribution in [1.29, 1.82) is 0 Å². The molecule has 0 unspecified atom stereocenters. The molecule has 0 saturated heterocycles. The molecule has 0 bridgehead atoms. The van der Waals surface area contributed by atoms with Crippen molar-refractivity contribution >= 4 is 28.6 Å². The molecule has 1 N–H and O–H groups in total. The van der Waals surface area contributed by atoms with E-state index < -0.39 is 5.97 Å². The number of aryl methyl sites for hydroxylation is 2. The van der Waals surface area contributed by atoms with Crippen LogP contribution in [0.4, 0.5) is 0 Å². The maximum absolute atomic E-state index is 11.0. The molecule has 1 aromatic heterocycles. The maximum atomic E-state index is 11.0. The quantitative estimate of drug-likeness (QED) is 0.781. The number of halogens is 1. The van der Waals surface area contributed by atoms with Gasteiger partial charge in [-0.15, -0.1) is 0 Å². The van der Waals surface area contributed by atoms with Crippen molar-refractivity contribution in [3.8, 4) is 11.4 Å². The Morgan fingerprint density at radius 3 is 2.67 bits per heavy atom. The Labute approximate surface area is 126 Å². The normalized spacial score (nSPS) is 11.0. The fourth-order valence-corrected chi connectivity index (χ4v) is 2.69. The van der Waals surface area contributed by atoms with E-state index in [0.717, 1.165) is 22.5 Å². The third-order valence-electron chi connectivity index (χ3n) is 3.49. The molecule has 0 amide bonds. The largest absolute Gasteiger partial charge is 0.478 e. The van der Waals surface area contributed by atoms with Crippen LogP contribution in [0.15, 0.2) is 36.4 Å². The van der Waals surface area contributed by atoms with Crippen LogP contribution >= 0.6 is 11.6 Å². The van der Waals surface area contributed by atoms with Gasteiger partial charge >= 0.3 is 5.97 Å². The topological polar surface area (TPSA) is 55.1 Å². The standard InChI is InChI=1S/C16H13ClN2O2/c1-9-3-5-11(12(17)7-9)15-18-13-8-10(16(20)21)4-6-14(13)19(15)2/h3-8H,1-2H3,(H,20,21). The van der Waals surface area contributed by atoms with Gasteiger partial charge in [0.15, 0.2) is 0 Å². The lowest BCUT2D eigenvalue weighted by Crippen LogP contribution is -1.96. The zero-order valence-electron chi connectivity index (χ0n) is 11.6. The van der Waals surface area contributed by atoms with Crippen LogP contribution in [0.2, 0.25) is 5.02 Å². The van der Waals surface area contributed by atoms with Crippen molar-refractivity contribution in [3.05, 3.63) is 52.5 Å². The van der Waals surface area contributed by atoms with Crippen molar-refractivity contribution in [1.82, 2.24) is 9.55 Å². The van der Waals surface area contributed by atoms with Crippen LogP contribution in [0.1, 0.15) is 15.9 Å². The van der Waals surface area contributed by atoms with Gasteiger partial charge in [0.05, 0.1) is 21.6 Å². The molecule has 3 rings (SSSR count). The number of imidazole rings is 1. The van der Waals surface area contributed by atoms with Gasteiger partial charge in [0, 0.05) is 12.6 Å². The molecule has 0 fully saturated rings. The van der Waals surface area contributed by atoms with Gasteiger partial charge < -0.3 is 9.67 Å². The van der Waals surface area contributed by atoms with Crippen molar-refractivity contribution in [2.75, 3.05) is 0 Å². The molecule has 0 aliphatic heterocycles. The minimum Gasteiger partial charge on any atom is -0.478 e. The zero-order valence-corrected chi connectivity index (χ0v) is 12.3. The van der Waals surface area contributed by atoms with Gasteiger partial charge in [-0.25, -0.2) is 9.78 Å². The summed E-state index contributed by atoms with van der Waals surface area (Å²) in [6.07, 6.45) is 0. The zero-order chi connectivity index (χ0) is 15.1. The molecule has 4 nitrogen and oxygen atoms in total. The van der Waals surface area contributed by atoms with Crippen molar-refractivity contribution in [2.45, 2.75) is 6.92 Å². The van der Waals surface area contributed by atoms with Crippen LogP contribution in [0.25, 0.3) is 22.4 Å². The van der Waals surface area contributed by atoms with E-state index in [-0.39, 0.29) is 5.56 Å². The Morgan fingerprint density at radius 1 is 1.24 bits per heavy atom. The predicted octanol–water partition coefficient (Wildman–Crippen LogP) is 3.90. The SMILES string of the molecule is Cc1ccc(-c2nc3cc(C(=O)O)ccc3n2C)c(Cl)c1. The second-order valence-electron chi connectivity index (χ2n) is 4.99. The van der Waals surface area contributed by atoms with Crippen molar-refractivity contribution in [2.24, 2.45) is 7.05 Å². The van der Waals surface area contributed by atoms with Crippen molar-refractivity contribution in [3.63, 3.8) is 0 Å². The fraction of sp³-hybridized carbons (Fsp3) is 0.125. The van der Waals surface area contributed by atoms with Gasteiger partial charge in [-0.05, 0) is 42.8 Å². The van der Waals surface area contributed by atoms with Gasteiger partial charge in [-0.3, -0.25) is 0 Å². The molecule has 5 heteroatoms. The Kier molecular flexibility index (Phi) is 3.18. The highest BCUT2D eigenvalue weighted by Crippen LogP contribution is 2.30. The fourth-order valence-electron chi connectivity index (χ4n) is 2.38. The first-order valence-electron chi connectivity index (χ1n) is 6.43. The Morgan fingerprint density at radius 2 is 2.00 bits per heavy atom. The number of rotatable bonds is 2. The Hall–Kier alpha value is -2.33. The molecule has 3 aromatic rings. The summed E-state index contributed by atoms with van der Waals surface area (Å²) >= 11 is 6.30. The lowest BCUT2D eigenvalue weighted by Gasteiger charge is -2.05. The van der Waals surface area contributed by atoms with Gasteiger partial charge in [-0.1, -0.05) is 17.7 Å². The van der Waals surface area contributed by atoms with E-state index in [0.29, 0.717) is 10.5 Å². The number of carboxylic acids is 1. The number of aromatic nitrogens is 2. The molecule has 0 radical (unpaired) electrons. The Balaban J connectivity index is 2.23. The first-order valence-corrected chi connectivity index (χ1v) is 6.81. The Bertz CT molecular complexity index is 868. The molecular weight excluding hydrogens is 288 g/mol. The molecule has 0 aliphatic rings. The second kappa shape index (κ2) is 4.90. The highest BCUT2D eigenvalue weighted by atomic mass is 35.5. The van der Waals surface area contributed by atoms with E-state index in [1.165, 1.54) is 0 Å². The summed E-state index contributed by atoms with van der Waals surface area (Å²) in [6, 6.07) is 10.7. The number of carboxylic acid groups (broad SMARTS) is 1. The van der Waals surface area contributed by atoms with Crippen LogP contribution in [0.5, 0.6) is 0 Å². The number of fused-ring (bicyclic) bond motifs is 1. The lowest BCUT2D eigenvalue weighted by molar-refractivity contribution is 0.0697. The molecule has 0 saturated carbocycles. The molecule has 21 heavy (non-hydrogen) atoms. The number of hydrogen-bond donors (Lipinski definition) is 1. The van der Waals surface area contributed by atoms with E-state index in [1.807, 2.05) is 36.7 Å². The summed E-state index contributed by atoms with van der Waals surface area (Å²) < 4.78 is 1.91. The summed E-state index contributed by atoms with van der Waals surface area (Å²) in [7, 11) is 1.89. The summed E-state index contributed by atoms with van der Waals surface area (Å²) in [5, 5.41) is 9.69. The van der Waals surface area contributed by atoms with E-state index in [9.17, 15) is 4.79 Å². The maximum Gasteiger partial charge on any atom is 0.335 e. The number of benzene rings is 2. The van der Waals surface area contributed by atoms with E-state index in [4.69, 9.17) is 16.7 Å². The van der Waals surface area contributed by atoms with Gasteiger partial charge in [0.1, 0.15) is 5.82 Å². The molecule has 2 aromatic carbocycles. The average molecular weight is 301 g/mol. The van der Waals surface area contributed by atoms with Gasteiger partial charge in [0.2, 0.25) is 0 Å². The smallest absolute Gasteiger partial charge is 0.335 e. The van der Waals surface area contributed by atoms with Crippen LogP contribution in [-0.2, 0) is 7.05 Å². The molecule has 0 aliphatic carbocycles. The summed E-state index contributed by atoms with van der Waals surface area (Å²) in [5.74, 6) is -0.241. The highest BCUT2D eigenvalue weighted by molar-refractivity contribution is 6.33. The first-order chi connectivity index (χ1) is 9.97. The van der Waals surface area contributed by atoms with E-state index in [2.05, 4.69) is 4.98 Å². The number of hydrogen-bond acceptors (Lipinski definition) is 2. The third-order valence-corrected chi connectivity index (χ3v) is 3.81. The molecule has 0 spiro atoms. The van der Waals surface area contributed by atoms with Crippen LogP contribution in [0, 0.1) is 6.92 Å². The first kappa shape index (κ1) is 13.6. The third kappa shape index (κ3) is 2.28. The molecule has 0 atom stereocenters. The van der Waals surface area contributed by atoms with Crippen LogP contribution in [0.3, 0.4) is 0 Å². The summed E-state index contributed by atoms with van der Waals surface area (Å²) in [5.41, 5.74) is 3.64. The van der Waals surface area contributed by atoms with E-state index in [1.54, 1.807) is 18.2 Å². The lowest BCUT2D eigenvalue weighted by atomic mass is 10.1. The minimum absolute atomic E-state index is 0.224. The van der Waals surface area contributed by atoms with Crippen molar-refractivity contribution < 1.29 is 9.90 Å². The minimum atomic E-state index is -0.961. The predicted molar refractivity (Wildman–Crippen MR) is 82.9 cm³/mol. The van der Waals surface area contributed by atoms with E-state index >= 15 is 0 Å². The number of carbonyl (C=O) groups is 1. The van der Waals surface area contributed by atoms with Crippen LogP contribution < -0.4 is 0 Å². The molecular formula is C16H13ClN2O2. The summed E-state index contributed by atoms with van der Waals surface area (Å²) in [4.78, 5) is 15.6. The van der Waals surface area contributed by atoms with Gasteiger partial charge in [0.25, 0.3) is 0 Å². The van der Waals surface area contributed by atoms with Gasteiger partial charge in [-0.2, -0.15) is 0 Å².